The van der Waals surface area contributed by atoms with E-state index in [4.69, 9.17) is 0 Å². The molecule has 0 aromatic rings. The molecule has 1 fully saturated rings. The number of hydrogen-bond donors (Lipinski definition) is 0. The van der Waals surface area contributed by atoms with Crippen LogP contribution < -0.4 is 0 Å². The number of unbranched alkanes of at least 4 members (excludes halogenated alkanes) is 3. The van der Waals surface area contributed by atoms with E-state index in [2.05, 4.69) is 30.8 Å². The van der Waals surface area contributed by atoms with Crippen LogP contribution in [-0.2, 0) is 4.79 Å². The van der Waals surface area contributed by atoms with Crippen molar-refractivity contribution in [3.63, 3.8) is 0 Å². The van der Waals surface area contributed by atoms with Crippen LogP contribution in [0.1, 0.15) is 45.4 Å². The molecule has 17 heavy (non-hydrogen) atoms. The second-order valence-electron chi connectivity index (χ2n) is 5.45. The van der Waals surface area contributed by atoms with Gasteiger partial charge in [-0.15, -0.1) is 0 Å². The highest BCUT2D eigenvalue weighted by molar-refractivity contribution is 5.79. The van der Waals surface area contributed by atoms with E-state index >= 15 is 0 Å². The van der Waals surface area contributed by atoms with Gasteiger partial charge in [0, 0.05) is 38.5 Å². The fourth-order valence-electron chi connectivity index (χ4n) is 2.44. The standard InChI is InChI=1S/C14H28N2O/c1-4-5-6-7-8-14(17)11-13-12-15(2)9-10-16(13)3/h13H,4-12H2,1-3H3. The Hall–Kier alpha value is -0.410. The van der Waals surface area contributed by atoms with Crippen molar-refractivity contribution in [2.45, 2.75) is 51.5 Å². The molecule has 1 unspecified atom stereocenters. The molecule has 0 radical (unpaired) electrons. The van der Waals surface area contributed by atoms with Gasteiger partial charge in [-0.1, -0.05) is 26.2 Å². The summed E-state index contributed by atoms with van der Waals surface area (Å²) in [7, 11) is 4.29. The molecule has 0 N–H and O–H groups in total. The summed E-state index contributed by atoms with van der Waals surface area (Å²) >= 11 is 0. The molecule has 1 atom stereocenters. The molecule has 1 heterocycles. The number of rotatable bonds is 7. The molecule has 1 rings (SSSR count). The second kappa shape index (κ2) is 7.83. The van der Waals surface area contributed by atoms with Gasteiger partial charge in [0.05, 0.1) is 0 Å². The Bertz CT molecular complexity index is 230. The quantitative estimate of drug-likeness (QED) is 0.637. The van der Waals surface area contributed by atoms with Gasteiger partial charge in [0.25, 0.3) is 0 Å². The molecule has 0 amide bonds. The van der Waals surface area contributed by atoms with Crippen LogP contribution in [-0.4, -0.2) is 55.4 Å². The van der Waals surface area contributed by atoms with Gasteiger partial charge in [-0.2, -0.15) is 0 Å². The first-order valence-electron chi connectivity index (χ1n) is 7.04. The Kier molecular flexibility index (Phi) is 6.75. The van der Waals surface area contributed by atoms with Crippen molar-refractivity contribution >= 4 is 5.78 Å². The van der Waals surface area contributed by atoms with Crippen LogP contribution >= 0.6 is 0 Å². The van der Waals surface area contributed by atoms with Crippen molar-refractivity contribution in [2.24, 2.45) is 0 Å². The lowest BCUT2D eigenvalue weighted by Crippen LogP contribution is -2.50. The Morgan fingerprint density at radius 3 is 2.65 bits per heavy atom. The number of carbonyl (C=O) groups excluding carboxylic acids is 1. The van der Waals surface area contributed by atoms with Crippen LogP contribution in [0.15, 0.2) is 0 Å². The van der Waals surface area contributed by atoms with E-state index in [9.17, 15) is 4.79 Å². The summed E-state index contributed by atoms with van der Waals surface area (Å²) in [5.74, 6) is 0.452. The van der Waals surface area contributed by atoms with Crippen LogP contribution in [0, 0.1) is 0 Å². The summed E-state index contributed by atoms with van der Waals surface area (Å²) in [4.78, 5) is 16.5. The zero-order valence-corrected chi connectivity index (χ0v) is 11.7. The number of carbonyl (C=O) groups is 1. The third kappa shape index (κ3) is 5.64. The van der Waals surface area contributed by atoms with Crippen molar-refractivity contribution in [1.82, 2.24) is 9.80 Å². The van der Waals surface area contributed by atoms with Gasteiger partial charge in [0.1, 0.15) is 5.78 Å². The van der Waals surface area contributed by atoms with Crippen molar-refractivity contribution in [1.29, 1.82) is 0 Å². The molecule has 3 heteroatoms. The maximum atomic E-state index is 11.9. The molecule has 1 aliphatic heterocycles. The van der Waals surface area contributed by atoms with E-state index < -0.39 is 0 Å². The third-order valence-electron chi connectivity index (χ3n) is 3.75. The Morgan fingerprint density at radius 2 is 1.94 bits per heavy atom. The predicted molar refractivity (Wildman–Crippen MR) is 72.3 cm³/mol. The number of nitrogens with zero attached hydrogens (tertiary/aromatic N) is 2. The molecule has 0 saturated carbocycles. The van der Waals surface area contributed by atoms with Crippen molar-refractivity contribution in [3.8, 4) is 0 Å². The lowest BCUT2D eigenvalue weighted by atomic mass is 10.0. The van der Waals surface area contributed by atoms with E-state index in [1.54, 1.807) is 0 Å². The maximum Gasteiger partial charge on any atom is 0.134 e. The summed E-state index contributed by atoms with van der Waals surface area (Å²) < 4.78 is 0. The average Bonchev–Trinajstić information content (AvgIpc) is 2.29. The molecule has 0 spiro atoms. The Labute approximate surface area is 106 Å². The van der Waals surface area contributed by atoms with E-state index in [1.165, 1.54) is 19.3 Å². The molecule has 3 nitrogen and oxygen atoms in total. The minimum Gasteiger partial charge on any atom is -0.304 e. The highest BCUT2D eigenvalue weighted by Crippen LogP contribution is 2.12. The number of piperazine rings is 1. The second-order valence-corrected chi connectivity index (χ2v) is 5.45. The van der Waals surface area contributed by atoms with Crippen molar-refractivity contribution in [3.05, 3.63) is 0 Å². The van der Waals surface area contributed by atoms with E-state index in [1.807, 2.05) is 0 Å². The van der Waals surface area contributed by atoms with E-state index in [0.29, 0.717) is 11.8 Å². The Morgan fingerprint density at radius 1 is 1.18 bits per heavy atom. The van der Waals surface area contributed by atoms with Crippen molar-refractivity contribution < 1.29 is 4.79 Å². The summed E-state index contributed by atoms with van der Waals surface area (Å²) in [6.45, 7) is 5.45. The molecular formula is C14H28N2O. The molecular weight excluding hydrogens is 212 g/mol. The topological polar surface area (TPSA) is 23.6 Å². The van der Waals surface area contributed by atoms with Gasteiger partial charge in [-0.3, -0.25) is 4.79 Å². The SMILES string of the molecule is CCCCCCC(=O)CC1CN(C)CCN1C. The van der Waals surface area contributed by atoms with Gasteiger partial charge in [0.2, 0.25) is 0 Å². The first-order valence-corrected chi connectivity index (χ1v) is 7.04. The minimum atomic E-state index is 0.437. The van der Waals surface area contributed by atoms with Crippen molar-refractivity contribution in [2.75, 3.05) is 33.7 Å². The fraction of sp³-hybridized carbons (Fsp3) is 0.929. The lowest BCUT2D eigenvalue weighted by molar-refractivity contribution is -0.120. The highest BCUT2D eigenvalue weighted by Gasteiger charge is 2.23. The van der Waals surface area contributed by atoms with E-state index in [0.717, 1.165) is 38.9 Å². The van der Waals surface area contributed by atoms with Gasteiger partial charge in [-0.05, 0) is 20.5 Å². The molecule has 1 saturated heterocycles. The first kappa shape index (κ1) is 14.7. The predicted octanol–water partition coefficient (Wildman–Crippen LogP) is 2.16. The monoisotopic (exact) mass is 240 g/mol. The molecule has 100 valence electrons. The number of likely N-dealkylation sites (N-methyl/N-ethyl adjacent to an activating group) is 2. The summed E-state index contributed by atoms with van der Waals surface area (Å²) in [5, 5.41) is 0. The smallest absolute Gasteiger partial charge is 0.134 e. The summed E-state index contributed by atoms with van der Waals surface area (Å²) in [6, 6.07) is 0.437. The fourth-order valence-corrected chi connectivity index (χ4v) is 2.44. The average molecular weight is 240 g/mol. The first-order chi connectivity index (χ1) is 8.13. The largest absolute Gasteiger partial charge is 0.304 e. The van der Waals surface area contributed by atoms with Gasteiger partial charge in [-0.25, -0.2) is 0 Å². The number of Topliss-reactive ketones (excluding diaryl/α,β-unsaturated/α-hetero) is 1. The van der Waals surface area contributed by atoms with Gasteiger partial charge >= 0.3 is 0 Å². The molecule has 1 aliphatic rings. The zero-order chi connectivity index (χ0) is 12.7. The summed E-state index contributed by atoms with van der Waals surface area (Å²) in [6.07, 6.45) is 6.33. The molecule has 0 aliphatic carbocycles. The highest BCUT2D eigenvalue weighted by atomic mass is 16.1. The van der Waals surface area contributed by atoms with Gasteiger partial charge < -0.3 is 9.80 Å². The zero-order valence-electron chi connectivity index (χ0n) is 11.7. The van der Waals surface area contributed by atoms with E-state index in [-0.39, 0.29) is 0 Å². The van der Waals surface area contributed by atoms with Gasteiger partial charge in [0.15, 0.2) is 0 Å². The molecule has 0 aromatic carbocycles. The number of hydrogen-bond acceptors (Lipinski definition) is 3. The van der Waals surface area contributed by atoms with Crippen LogP contribution in [0.3, 0.4) is 0 Å². The van der Waals surface area contributed by atoms with Crippen LogP contribution in [0.25, 0.3) is 0 Å². The minimum absolute atomic E-state index is 0.437. The third-order valence-corrected chi connectivity index (χ3v) is 3.75. The molecule has 0 aromatic heterocycles. The number of ketones is 1. The summed E-state index contributed by atoms with van der Waals surface area (Å²) in [5.41, 5.74) is 0. The lowest BCUT2D eigenvalue weighted by Gasteiger charge is -2.37. The molecule has 0 bridgehead atoms. The normalized spacial score (nSPS) is 22.9. The maximum absolute atomic E-state index is 11.9. The van der Waals surface area contributed by atoms with Crippen LogP contribution in [0.4, 0.5) is 0 Å². The Balaban J connectivity index is 2.20. The van der Waals surface area contributed by atoms with Crippen LogP contribution in [0.5, 0.6) is 0 Å². The van der Waals surface area contributed by atoms with Crippen LogP contribution in [0.2, 0.25) is 0 Å².